The van der Waals surface area contributed by atoms with Crippen LogP contribution < -0.4 is 9.54 Å². The molecule has 0 saturated carbocycles. The third-order valence-electron chi connectivity index (χ3n) is 4.07. The zero-order valence-electron chi connectivity index (χ0n) is 15.5. The molecule has 1 aromatic heterocycles. The van der Waals surface area contributed by atoms with E-state index in [1.54, 1.807) is 18.4 Å². The van der Waals surface area contributed by atoms with Gasteiger partial charge in [-0.2, -0.15) is 0 Å². The van der Waals surface area contributed by atoms with E-state index in [0.29, 0.717) is 6.54 Å². The van der Waals surface area contributed by atoms with Gasteiger partial charge in [-0.1, -0.05) is 23.7 Å². The summed E-state index contributed by atoms with van der Waals surface area (Å²) in [5, 5.41) is 2.92. The highest BCUT2D eigenvalue weighted by Crippen LogP contribution is 2.27. The molecule has 26 heavy (non-hydrogen) atoms. The number of rotatable bonds is 4. The van der Waals surface area contributed by atoms with Crippen LogP contribution in [0.1, 0.15) is 26.3 Å². The van der Waals surface area contributed by atoms with Crippen LogP contribution in [0.15, 0.2) is 58.9 Å². The molecule has 0 aliphatic heterocycles. The summed E-state index contributed by atoms with van der Waals surface area (Å²) in [4.78, 5) is 5.88. The van der Waals surface area contributed by atoms with Crippen molar-refractivity contribution in [3.8, 4) is 17.0 Å². The number of hydrogen-bond acceptors (Lipinski definition) is 3. The molecule has 0 fully saturated rings. The summed E-state index contributed by atoms with van der Waals surface area (Å²) < 4.78 is 7.57. The van der Waals surface area contributed by atoms with Crippen LogP contribution in [0.5, 0.6) is 5.75 Å². The van der Waals surface area contributed by atoms with Crippen molar-refractivity contribution in [3.05, 3.63) is 69.3 Å². The number of hydrogen-bond donors (Lipinski definition) is 0. The molecule has 0 aliphatic rings. The monoisotopic (exact) mass is 386 g/mol. The quantitative estimate of drug-likeness (QED) is 0.562. The van der Waals surface area contributed by atoms with Crippen LogP contribution in [-0.2, 0) is 12.1 Å². The SMILES string of the molecule is COc1ccc(-c2csc(=NCc3ccc(Cl)cc3)n2C(C)(C)C)cc1. The molecule has 0 radical (unpaired) electrons. The van der Waals surface area contributed by atoms with Crippen LogP contribution in [0.4, 0.5) is 0 Å². The third-order valence-corrected chi connectivity index (χ3v) is 5.19. The number of halogens is 1. The second-order valence-corrected chi connectivity index (χ2v) is 8.35. The molecule has 0 spiro atoms. The molecule has 3 nitrogen and oxygen atoms in total. The zero-order valence-corrected chi connectivity index (χ0v) is 17.1. The number of methoxy groups -OCH3 is 1. The first kappa shape index (κ1) is 18.7. The van der Waals surface area contributed by atoms with E-state index < -0.39 is 0 Å². The molecule has 3 aromatic rings. The number of benzene rings is 2. The van der Waals surface area contributed by atoms with Gasteiger partial charge in [-0.05, 0) is 68.3 Å². The summed E-state index contributed by atoms with van der Waals surface area (Å²) >= 11 is 7.63. The number of nitrogens with zero attached hydrogens (tertiary/aromatic N) is 2. The number of thiazole rings is 1. The molecule has 3 rings (SSSR count). The smallest absolute Gasteiger partial charge is 0.186 e. The minimum Gasteiger partial charge on any atom is -0.497 e. The first-order valence-corrected chi connectivity index (χ1v) is 9.74. The summed E-state index contributed by atoms with van der Waals surface area (Å²) in [5.74, 6) is 0.860. The summed E-state index contributed by atoms with van der Waals surface area (Å²) in [6, 6.07) is 16.0. The minimum atomic E-state index is -0.0753. The normalized spacial score (nSPS) is 12.4. The lowest BCUT2D eigenvalue weighted by Crippen LogP contribution is -2.31. The molecule has 0 unspecified atom stereocenters. The maximum atomic E-state index is 5.97. The Bertz CT molecular complexity index is 932. The minimum absolute atomic E-state index is 0.0753. The molecule has 136 valence electrons. The van der Waals surface area contributed by atoms with Crippen molar-refractivity contribution in [2.75, 3.05) is 7.11 Å². The topological polar surface area (TPSA) is 26.5 Å². The maximum Gasteiger partial charge on any atom is 0.186 e. The Hall–Kier alpha value is -2.04. The summed E-state index contributed by atoms with van der Waals surface area (Å²) in [6.07, 6.45) is 0. The van der Waals surface area contributed by atoms with Crippen molar-refractivity contribution in [2.45, 2.75) is 32.9 Å². The molecular weight excluding hydrogens is 364 g/mol. The molecule has 0 N–H and O–H groups in total. The predicted molar refractivity (Wildman–Crippen MR) is 110 cm³/mol. The van der Waals surface area contributed by atoms with Gasteiger partial charge in [0.2, 0.25) is 0 Å². The van der Waals surface area contributed by atoms with Gasteiger partial charge in [-0.25, -0.2) is 0 Å². The van der Waals surface area contributed by atoms with Crippen LogP contribution >= 0.6 is 22.9 Å². The van der Waals surface area contributed by atoms with Crippen LogP contribution in [-0.4, -0.2) is 11.7 Å². The molecule has 5 heteroatoms. The Labute approximate surface area is 163 Å². The van der Waals surface area contributed by atoms with Gasteiger partial charge in [0, 0.05) is 15.9 Å². The van der Waals surface area contributed by atoms with Crippen molar-refractivity contribution in [1.82, 2.24) is 4.57 Å². The standard InChI is InChI=1S/C21H23ClN2OS/c1-21(2,3)24-19(16-7-11-18(25-4)12-8-16)14-26-20(24)23-13-15-5-9-17(22)10-6-15/h5-12,14H,13H2,1-4H3. The molecule has 2 aromatic carbocycles. The average molecular weight is 387 g/mol. The highest BCUT2D eigenvalue weighted by Gasteiger charge is 2.19. The van der Waals surface area contributed by atoms with Crippen molar-refractivity contribution < 1.29 is 4.74 Å². The third kappa shape index (κ3) is 4.19. The number of aromatic nitrogens is 1. The predicted octanol–water partition coefficient (Wildman–Crippen LogP) is 5.73. The first-order chi connectivity index (χ1) is 12.4. The summed E-state index contributed by atoms with van der Waals surface area (Å²) in [5.41, 5.74) is 3.40. The lowest BCUT2D eigenvalue weighted by Gasteiger charge is -2.24. The van der Waals surface area contributed by atoms with Crippen LogP contribution in [0.25, 0.3) is 11.3 Å². The van der Waals surface area contributed by atoms with Crippen LogP contribution in [0.2, 0.25) is 5.02 Å². The summed E-state index contributed by atoms with van der Waals surface area (Å²) in [6.45, 7) is 7.24. The molecule has 1 heterocycles. The Morgan fingerprint density at radius 2 is 1.69 bits per heavy atom. The average Bonchev–Trinajstić information content (AvgIpc) is 3.06. The fourth-order valence-corrected chi connectivity index (χ4v) is 3.98. The fourth-order valence-electron chi connectivity index (χ4n) is 2.78. The second kappa shape index (κ2) is 7.68. The van der Waals surface area contributed by atoms with E-state index in [4.69, 9.17) is 21.3 Å². The Morgan fingerprint density at radius 1 is 1.04 bits per heavy atom. The van der Waals surface area contributed by atoms with Crippen molar-refractivity contribution in [3.63, 3.8) is 0 Å². The zero-order chi connectivity index (χ0) is 18.7. The molecule has 0 amide bonds. The lowest BCUT2D eigenvalue weighted by atomic mass is 10.1. The Balaban J connectivity index is 2.02. The molecule has 0 atom stereocenters. The molecule has 0 saturated heterocycles. The van der Waals surface area contributed by atoms with Crippen molar-refractivity contribution in [1.29, 1.82) is 0 Å². The molecular formula is C21H23ClN2OS. The van der Waals surface area contributed by atoms with Gasteiger partial charge in [0.1, 0.15) is 5.75 Å². The highest BCUT2D eigenvalue weighted by atomic mass is 35.5. The van der Waals surface area contributed by atoms with Gasteiger partial charge in [0.15, 0.2) is 4.80 Å². The van der Waals surface area contributed by atoms with Crippen molar-refractivity contribution in [2.24, 2.45) is 4.99 Å². The van der Waals surface area contributed by atoms with Crippen molar-refractivity contribution >= 4 is 22.9 Å². The van der Waals surface area contributed by atoms with E-state index >= 15 is 0 Å². The molecule has 0 bridgehead atoms. The maximum absolute atomic E-state index is 5.97. The van der Waals surface area contributed by atoms with E-state index in [-0.39, 0.29) is 5.54 Å². The fraction of sp³-hybridized carbons (Fsp3) is 0.286. The summed E-state index contributed by atoms with van der Waals surface area (Å²) in [7, 11) is 1.68. The van der Waals surface area contributed by atoms with Gasteiger partial charge in [0.05, 0.1) is 19.3 Å². The van der Waals surface area contributed by atoms with Crippen LogP contribution in [0, 0.1) is 0 Å². The van der Waals surface area contributed by atoms with E-state index in [2.05, 4.69) is 42.9 Å². The van der Waals surface area contributed by atoms with Gasteiger partial charge in [-0.15, -0.1) is 11.3 Å². The first-order valence-electron chi connectivity index (χ1n) is 8.49. The van der Waals surface area contributed by atoms with Gasteiger partial charge in [-0.3, -0.25) is 4.99 Å². The van der Waals surface area contributed by atoms with E-state index in [1.807, 2.05) is 36.4 Å². The lowest BCUT2D eigenvalue weighted by molar-refractivity contribution is 0.390. The van der Waals surface area contributed by atoms with E-state index in [1.165, 1.54) is 5.69 Å². The second-order valence-electron chi connectivity index (χ2n) is 7.08. The van der Waals surface area contributed by atoms with Crippen LogP contribution in [0.3, 0.4) is 0 Å². The van der Waals surface area contributed by atoms with E-state index in [9.17, 15) is 0 Å². The Morgan fingerprint density at radius 3 is 2.27 bits per heavy atom. The largest absolute Gasteiger partial charge is 0.497 e. The Kier molecular flexibility index (Phi) is 5.54. The molecule has 0 aliphatic carbocycles. The van der Waals surface area contributed by atoms with E-state index in [0.717, 1.165) is 26.7 Å². The highest BCUT2D eigenvalue weighted by molar-refractivity contribution is 7.07. The van der Waals surface area contributed by atoms with Gasteiger partial charge in [0.25, 0.3) is 0 Å². The van der Waals surface area contributed by atoms with Gasteiger partial charge >= 0.3 is 0 Å². The van der Waals surface area contributed by atoms with Gasteiger partial charge < -0.3 is 9.30 Å². The number of ether oxygens (including phenoxy) is 1.